The molecule has 0 aliphatic rings. The number of methoxy groups -OCH3 is 2. The van der Waals surface area contributed by atoms with Crippen molar-refractivity contribution in [3.63, 3.8) is 0 Å². The second-order valence-corrected chi connectivity index (χ2v) is 8.65. The summed E-state index contributed by atoms with van der Waals surface area (Å²) in [6.45, 7) is -2.21. The lowest BCUT2D eigenvalue weighted by Gasteiger charge is -2.35. The normalized spacial score (nSPS) is 12.4. The van der Waals surface area contributed by atoms with E-state index in [1.54, 1.807) is 72.8 Å². The van der Waals surface area contributed by atoms with Crippen molar-refractivity contribution in [1.29, 1.82) is 0 Å². The minimum Gasteiger partial charge on any atom is -0.497 e. The van der Waals surface area contributed by atoms with Crippen LogP contribution >= 0.6 is 0 Å². The van der Waals surface area contributed by atoms with Gasteiger partial charge in [-0.05, 0) is 53.1 Å². The first-order chi connectivity index (χ1) is 17.3. The fraction of sp³-hybridized carbons (Fsp3) is 0.333. The highest BCUT2D eigenvalue weighted by Gasteiger charge is 2.37. The van der Waals surface area contributed by atoms with Crippen LogP contribution in [-0.4, -0.2) is 53.8 Å². The van der Waals surface area contributed by atoms with Crippen LogP contribution in [0.1, 0.15) is 16.7 Å². The molecule has 3 rings (SSSR count). The van der Waals surface area contributed by atoms with Gasteiger partial charge in [-0.15, -0.1) is 0 Å². The van der Waals surface area contributed by atoms with E-state index in [1.165, 1.54) is 28.3 Å². The van der Waals surface area contributed by atoms with Crippen LogP contribution in [0.15, 0.2) is 72.8 Å². The summed E-state index contributed by atoms with van der Waals surface area (Å²) in [5, 5.41) is 0. The Labute approximate surface area is 212 Å². The Bertz CT molecular complexity index is 1080. The van der Waals surface area contributed by atoms with Crippen molar-refractivity contribution in [3.8, 4) is 5.75 Å². The van der Waals surface area contributed by atoms with Crippen LogP contribution in [-0.2, 0) is 10.3 Å². The van der Waals surface area contributed by atoms with Crippen molar-refractivity contribution in [2.24, 2.45) is 0 Å². The van der Waals surface area contributed by atoms with Gasteiger partial charge in [0.05, 0.1) is 7.11 Å². The molecular formula is C27H28F6N2O2. The maximum Gasteiger partial charge on any atom is 0.405 e. The van der Waals surface area contributed by atoms with E-state index in [0.29, 0.717) is 33.8 Å². The van der Waals surface area contributed by atoms with E-state index in [9.17, 15) is 26.3 Å². The number of alkyl halides is 6. The van der Waals surface area contributed by atoms with Gasteiger partial charge >= 0.3 is 12.4 Å². The smallest absolute Gasteiger partial charge is 0.405 e. The van der Waals surface area contributed by atoms with Gasteiger partial charge in [-0.25, -0.2) is 0 Å². The molecule has 0 radical (unpaired) electrons. The van der Waals surface area contributed by atoms with Crippen LogP contribution in [0.5, 0.6) is 5.75 Å². The highest BCUT2D eigenvalue weighted by atomic mass is 19.4. The molecule has 0 aliphatic carbocycles. The number of hydrogen-bond acceptors (Lipinski definition) is 4. The molecule has 4 nitrogen and oxygen atoms in total. The molecule has 0 bridgehead atoms. The quantitative estimate of drug-likeness (QED) is 0.231. The lowest BCUT2D eigenvalue weighted by atomic mass is 9.80. The Morgan fingerprint density at radius 3 is 1.16 bits per heavy atom. The summed E-state index contributed by atoms with van der Waals surface area (Å²) in [7, 11) is 5.74. The fourth-order valence-electron chi connectivity index (χ4n) is 4.30. The van der Waals surface area contributed by atoms with Crippen LogP contribution in [0.2, 0.25) is 0 Å². The molecule has 0 fully saturated rings. The van der Waals surface area contributed by atoms with E-state index in [-0.39, 0.29) is 0 Å². The molecule has 0 amide bonds. The third kappa shape index (κ3) is 6.68. The Kier molecular flexibility index (Phi) is 8.32. The average molecular weight is 527 g/mol. The summed E-state index contributed by atoms with van der Waals surface area (Å²) < 4.78 is 88.5. The van der Waals surface area contributed by atoms with Crippen LogP contribution < -0.4 is 14.5 Å². The third-order valence-corrected chi connectivity index (χ3v) is 6.06. The van der Waals surface area contributed by atoms with E-state index in [4.69, 9.17) is 9.47 Å². The van der Waals surface area contributed by atoms with E-state index in [2.05, 4.69) is 0 Å². The van der Waals surface area contributed by atoms with Gasteiger partial charge in [0.1, 0.15) is 24.4 Å². The predicted octanol–water partition coefficient (Wildman–Crippen LogP) is 6.63. The Morgan fingerprint density at radius 2 is 0.892 bits per heavy atom. The van der Waals surface area contributed by atoms with Gasteiger partial charge < -0.3 is 19.3 Å². The molecule has 0 saturated carbocycles. The summed E-state index contributed by atoms with van der Waals surface area (Å²) in [5.41, 5.74) is 1.48. The zero-order chi connectivity index (χ0) is 27.4. The molecule has 37 heavy (non-hydrogen) atoms. The molecule has 0 unspecified atom stereocenters. The van der Waals surface area contributed by atoms with Gasteiger partial charge in [-0.1, -0.05) is 36.4 Å². The number of halogens is 6. The Balaban J connectivity index is 2.08. The topological polar surface area (TPSA) is 24.9 Å². The van der Waals surface area contributed by atoms with Crippen molar-refractivity contribution in [2.45, 2.75) is 18.0 Å². The zero-order valence-corrected chi connectivity index (χ0v) is 20.8. The standard InChI is InChI=1S/C27H28F6N2O2/c1-34(17-25(28,29)30)22-11-5-19(6-12-22)27(37-4,21-9-15-24(36-3)16-10-21)20-7-13-23(14-8-20)35(2)18-26(31,32)33/h5-16H,17-18H2,1-4H3. The Morgan fingerprint density at radius 1 is 0.568 bits per heavy atom. The number of hydrogen-bond donors (Lipinski definition) is 0. The molecule has 0 aliphatic heterocycles. The van der Waals surface area contributed by atoms with E-state index < -0.39 is 31.0 Å². The first kappa shape index (κ1) is 28.2. The van der Waals surface area contributed by atoms with Gasteiger partial charge in [0.2, 0.25) is 0 Å². The lowest BCUT2D eigenvalue weighted by molar-refractivity contribution is -0.120. The van der Waals surface area contributed by atoms with Crippen molar-refractivity contribution in [3.05, 3.63) is 89.5 Å². The number of benzene rings is 3. The lowest BCUT2D eigenvalue weighted by Crippen LogP contribution is -2.33. The van der Waals surface area contributed by atoms with Crippen molar-refractivity contribution in [1.82, 2.24) is 0 Å². The molecule has 0 atom stereocenters. The maximum atomic E-state index is 12.9. The van der Waals surface area contributed by atoms with Gasteiger partial charge in [0.15, 0.2) is 0 Å². The zero-order valence-electron chi connectivity index (χ0n) is 20.8. The molecule has 0 saturated heterocycles. The number of ether oxygens (including phenoxy) is 2. The van der Waals surface area contributed by atoms with Crippen LogP contribution in [0, 0.1) is 0 Å². The van der Waals surface area contributed by atoms with E-state index in [1.807, 2.05) is 0 Å². The molecule has 0 heterocycles. The largest absolute Gasteiger partial charge is 0.497 e. The fourth-order valence-corrected chi connectivity index (χ4v) is 4.30. The van der Waals surface area contributed by atoms with Gasteiger partial charge in [0, 0.05) is 32.6 Å². The maximum absolute atomic E-state index is 12.9. The minimum absolute atomic E-state index is 0.366. The number of rotatable bonds is 9. The minimum atomic E-state index is -4.35. The summed E-state index contributed by atoms with van der Waals surface area (Å²) >= 11 is 0. The number of nitrogens with zero attached hydrogens (tertiary/aromatic N) is 2. The predicted molar refractivity (Wildman–Crippen MR) is 131 cm³/mol. The van der Waals surface area contributed by atoms with Crippen molar-refractivity contribution >= 4 is 11.4 Å². The summed E-state index contributed by atoms with van der Waals surface area (Å²) in [4.78, 5) is 2.19. The molecular weight excluding hydrogens is 498 g/mol. The second kappa shape index (κ2) is 10.9. The van der Waals surface area contributed by atoms with Crippen LogP contribution in [0.25, 0.3) is 0 Å². The highest BCUT2D eigenvalue weighted by Crippen LogP contribution is 2.41. The average Bonchev–Trinajstić information content (AvgIpc) is 2.84. The van der Waals surface area contributed by atoms with E-state index >= 15 is 0 Å². The molecule has 0 aromatic heterocycles. The van der Waals surface area contributed by atoms with Gasteiger partial charge in [-0.3, -0.25) is 0 Å². The number of anilines is 2. The summed E-state index contributed by atoms with van der Waals surface area (Å²) in [6, 6.07) is 20.1. The molecule has 3 aromatic rings. The van der Waals surface area contributed by atoms with Crippen molar-refractivity contribution in [2.75, 3.05) is 51.2 Å². The molecule has 200 valence electrons. The third-order valence-electron chi connectivity index (χ3n) is 6.06. The molecule has 0 N–H and O–H groups in total. The molecule has 0 spiro atoms. The Hall–Kier alpha value is -3.40. The first-order valence-corrected chi connectivity index (χ1v) is 11.3. The monoisotopic (exact) mass is 526 g/mol. The van der Waals surface area contributed by atoms with Gasteiger partial charge in [-0.2, -0.15) is 26.3 Å². The van der Waals surface area contributed by atoms with Crippen LogP contribution in [0.4, 0.5) is 37.7 Å². The summed E-state index contributed by atoms with van der Waals surface area (Å²) in [6.07, 6.45) is -8.71. The highest BCUT2D eigenvalue weighted by molar-refractivity contribution is 5.56. The van der Waals surface area contributed by atoms with Crippen LogP contribution in [0.3, 0.4) is 0 Å². The first-order valence-electron chi connectivity index (χ1n) is 11.3. The van der Waals surface area contributed by atoms with Gasteiger partial charge in [0.25, 0.3) is 0 Å². The SMILES string of the molecule is COc1ccc(C(OC)(c2ccc(N(C)CC(F)(F)F)cc2)c2ccc(N(C)CC(F)(F)F)cc2)cc1. The summed E-state index contributed by atoms with van der Waals surface area (Å²) in [5.74, 6) is 0.613. The van der Waals surface area contributed by atoms with Crippen molar-refractivity contribution < 1.29 is 35.8 Å². The second-order valence-electron chi connectivity index (χ2n) is 8.65. The molecule has 10 heteroatoms. The molecule has 3 aromatic carbocycles. The van der Waals surface area contributed by atoms with E-state index in [0.717, 1.165) is 9.80 Å².